The monoisotopic (exact) mass is 485 g/mol. The molecular formula is C22H19ClF3NO4S. The number of carbonyl (C=O) groups excluding carboxylic acids is 1. The molecule has 5 rings (SSSR count). The van der Waals surface area contributed by atoms with Gasteiger partial charge in [0.2, 0.25) is 0 Å². The molecular weight excluding hydrogens is 467 g/mol. The number of hydrogen-bond donors (Lipinski definition) is 1. The molecule has 2 bridgehead atoms. The van der Waals surface area contributed by atoms with E-state index in [0.717, 1.165) is 12.8 Å². The molecule has 1 aliphatic heterocycles. The smallest absolute Gasteiger partial charge is 0.255 e. The van der Waals surface area contributed by atoms with Gasteiger partial charge in [0.25, 0.3) is 5.91 Å². The number of hydrogen-bond acceptors (Lipinski definition) is 4. The minimum atomic E-state index is -3.84. The van der Waals surface area contributed by atoms with E-state index in [4.69, 9.17) is 16.3 Å². The first kappa shape index (κ1) is 21.7. The Morgan fingerprint density at radius 2 is 1.66 bits per heavy atom. The third-order valence-electron chi connectivity index (χ3n) is 6.76. The lowest BCUT2D eigenvalue weighted by Crippen LogP contribution is -2.40. The van der Waals surface area contributed by atoms with Crippen LogP contribution in [0.3, 0.4) is 0 Å². The SMILES string of the molecule is O=C(Nc1cc(F)c(F)c(F)c1)c1ccc(Cl)c(S(=O)(=O)[C@H]2C3CCC2C[C@@]2(CO2)C3)c1. The quantitative estimate of drug-likeness (QED) is 0.501. The lowest BCUT2D eigenvalue weighted by molar-refractivity contribution is 0.102. The van der Waals surface area contributed by atoms with Crippen molar-refractivity contribution in [3.05, 3.63) is 58.4 Å². The molecule has 0 radical (unpaired) electrons. The summed E-state index contributed by atoms with van der Waals surface area (Å²) in [5, 5.41) is 1.67. The van der Waals surface area contributed by atoms with E-state index in [9.17, 15) is 26.4 Å². The minimum Gasteiger partial charge on any atom is -0.370 e. The number of epoxide rings is 1. The highest BCUT2D eigenvalue weighted by Crippen LogP contribution is 2.56. The Morgan fingerprint density at radius 3 is 2.22 bits per heavy atom. The van der Waals surface area contributed by atoms with Gasteiger partial charge in [-0.15, -0.1) is 0 Å². The van der Waals surface area contributed by atoms with Crippen LogP contribution >= 0.6 is 11.6 Å². The number of anilines is 1. The molecule has 1 amide bonds. The first-order valence-corrected chi connectivity index (χ1v) is 12.2. The van der Waals surface area contributed by atoms with Crippen LogP contribution < -0.4 is 5.32 Å². The number of benzene rings is 2. The normalized spacial score (nSPS) is 28.7. The number of carbonyl (C=O) groups is 1. The van der Waals surface area contributed by atoms with Crippen molar-refractivity contribution in [2.45, 2.75) is 41.4 Å². The van der Waals surface area contributed by atoms with Gasteiger partial charge in [0.1, 0.15) is 0 Å². The molecule has 2 atom stereocenters. The number of amides is 1. The van der Waals surface area contributed by atoms with Gasteiger partial charge in [-0.2, -0.15) is 0 Å². The van der Waals surface area contributed by atoms with E-state index in [1.165, 1.54) is 18.2 Å². The Balaban J connectivity index is 1.43. The summed E-state index contributed by atoms with van der Waals surface area (Å²) in [7, 11) is -3.84. The molecule has 1 spiro atoms. The molecule has 32 heavy (non-hydrogen) atoms. The summed E-state index contributed by atoms with van der Waals surface area (Å²) in [6.45, 7) is 0.674. The van der Waals surface area contributed by atoms with Crippen molar-refractivity contribution in [1.82, 2.24) is 0 Å². The molecule has 1 N–H and O–H groups in total. The van der Waals surface area contributed by atoms with Crippen molar-refractivity contribution in [1.29, 1.82) is 0 Å². The molecule has 10 heteroatoms. The number of sulfone groups is 1. The topological polar surface area (TPSA) is 75.8 Å². The third-order valence-corrected chi connectivity index (χ3v) is 9.64. The first-order valence-electron chi connectivity index (χ1n) is 10.2. The van der Waals surface area contributed by atoms with Crippen LogP contribution in [0.25, 0.3) is 0 Å². The van der Waals surface area contributed by atoms with E-state index in [1.54, 1.807) is 0 Å². The fourth-order valence-corrected chi connectivity index (χ4v) is 8.14. The third kappa shape index (κ3) is 3.60. The predicted molar refractivity (Wildman–Crippen MR) is 111 cm³/mol. The van der Waals surface area contributed by atoms with Crippen LogP contribution in [0.15, 0.2) is 35.2 Å². The number of nitrogens with one attached hydrogen (secondary N) is 1. The van der Waals surface area contributed by atoms with Gasteiger partial charge in [0.15, 0.2) is 27.3 Å². The summed E-state index contributed by atoms with van der Waals surface area (Å²) in [5.41, 5.74) is -0.516. The second-order valence-corrected chi connectivity index (χ2v) is 11.3. The van der Waals surface area contributed by atoms with Crippen LogP contribution in [-0.4, -0.2) is 31.8 Å². The van der Waals surface area contributed by atoms with E-state index < -0.39 is 38.4 Å². The van der Waals surface area contributed by atoms with Crippen LogP contribution in [0.1, 0.15) is 36.0 Å². The molecule has 2 saturated carbocycles. The number of halogens is 4. The van der Waals surface area contributed by atoms with Crippen LogP contribution in [0.5, 0.6) is 0 Å². The molecule has 2 aromatic rings. The molecule has 3 fully saturated rings. The Kier molecular flexibility index (Phi) is 5.07. The van der Waals surface area contributed by atoms with Gasteiger partial charge in [0, 0.05) is 23.4 Å². The lowest BCUT2D eigenvalue weighted by Gasteiger charge is -2.33. The molecule has 1 saturated heterocycles. The summed E-state index contributed by atoms with van der Waals surface area (Å²) < 4.78 is 72.7. The highest BCUT2D eigenvalue weighted by molar-refractivity contribution is 7.92. The molecule has 0 aromatic heterocycles. The van der Waals surface area contributed by atoms with Crippen molar-refractivity contribution in [3.8, 4) is 0 Å². The molecule has 2 aromatic carbocycles. The zero-order valence-electron chi connectivity index (χ0n) is 16.7. The molecule has 2 unspecified atom stereocenters. The molecule has 2 aliphatic carbocycles. The highest BCUT2D eigenvalue weighted by Gasteiger charge is 2.60. The molecule has 170 valence electrons. The van der Waals surface area contributed by atoms with E-state index in [1.807, 2.05) is 0 Å². The summed E-state index contributed by atoms with van der Waals surface area (Å²) in [5.74, 6) is -5.42. The largest absolute Gasteiger partial charge is 0.370 e. The van der Waals surface area contributed by atoms with E-state index in [-0.39, 0.29) is 38.6 Å². The Hall–Kier alpha value is -2.10. The van der Waals surface area contributed by atoms with E-state index in [2.05, 4.69) is 5.32 Å². The standard InChI is InChI=1S/C22H19ClF3NO4S/c23-15-4-3-11(21(28)27-14-6-16(24)19(26)17(25)7-14)5-18(15)32(29,30)20-12-1-2-13(20)9-22(8-12)10-31-22/h3-7,12-13,20H,1-2,8-10H2,(H,27,28)/t12?,13?,20-,22+. The predicted octanol–water partition coefficient (Wildman–Crippen LogP) is 4.74. The molecule has 3 aliphatic rings. The fraction of sp³-hybridized carbons (Fsp3) is 0.409. The van der Waals surface area contributed by atoms with Gasteiger partial charge >= 0.3 is 0 Å². The summed E-state index contributed by atoms with van der Waals surface area (Å²) in [6, 6.07) is 5.08. The van der Waals surface area contributed by atoms with Gasteiger partial charge in [-0.25, -0.2) is 21.6 Å². The van der Waals surface area contributed by atoms with Gasteiger partial charge < -0.3 is 10.1 Å². The van der Waals surface area contributed by atoms with Crippen molar-refractivity contribution in [2.75, 3.05) is 11.9 Å². The van der Waals surface area contributed by atoms with Crippen molar-refractivity contribution < 1.29 is 31.1 Å². The van der Waals surface area contributed by atoms with Gasteiger partial charge in [-0.3, -0.25) is 4.79 Å². The van der Waals surface area contributed by atoms with E-state index in [0.29, 0.717) is 31.6 Å². The maximum absolute atomic E-state index is 13.6. The van der Waals surface area contributed by atoms with Crippen LogP contribution in [0.2, 0.25) is 5.02 Å². The van der Waals surface area contributed by atoms with Crippen LogP contribution in [0, 0.1) is 29.3 Å². The lowest BCUT2D eigenvalue weighted by atomic mass is 9.81. The van der Waals surface area contributed by atoms with Crippen molar-refractivity contribution >= 4 is 33.0 Å². The van der Waals surface area contributed by atoms with Gasteiger partial charge in [0.05, 0.1) is 27.4 Å². The fourth-order valence-electron chi connectivity index (χ4n) is 5.30. The maximum Gasteiger partial charge on any atom is 0.255 e. The maximum atomic E-state index is 13.6. The Labute approximate surface area is 187 Å². The summed E-state index contributed by atoms with van der Waals surface area (Å²) in [6.07, 6.45) is 3.01. The molecule has 1 heterocycles. The first-order chi connectivity index (χ1) is 15.1. The number of ether oxygens (including phenoxy) is 1. The zero-order chi connectivity index (χ0) is 22.8. The second kappa shape index (κ2) is 7.46. The highest BCUT2D eigenvalue weighted by atomic mass is 35.5. The Bertz CT molecular complexity index is 1190. The number of rotatable bonds is 4. The zero-order valence-corrected chi connectivity index (χ0v) is 18.3. The average Bonchev–Trinajstić information content (AvgIpc) is 3.40. The van der Waals surface area contributed by atoms with Crippen LogP contribution in [0.4, 0.5) is 18.9 Å². The van der Waals surface area contributed by atoms with Crippen LogP contribution in [-0.2, 0) is 14.6 Å². The Morgan fingerprint density at radius 1 is 1.06 bits per heavy atom. The van der Waals surface area contributed by atoms with Crippen molar-refractivity contribution in [2.24, 2.45) is 11.8 Å². The van der Waals surface area contributed by atoms with Gasteiger partial charge in [-0.05, 0) is 55.7 Å². The second-order valence-electron chi connectivity index (χ2n) is 8.84. The minimum absolute atomic E-state index is 0.00257. The molecule has 5 nitrogen and oxygen atoms in total. The van der Waals surface area contributed by atoms with Gasteiger partial charge in [-0.1, -0.05) is 11.6 Å². The van der Waals surface area contributed by atoms with E-state index >= 15 is 0 Å². The number of fused-ring (bicyclic) bond motifs is 2. The summed E-state index contributed by atoms with van der Waals surface area (Å²) in [4.78, 5) is 12.5. The van der Waals surface area contributed by atoms with Crippen molar-refractivity contribution in [3.63, 3.8) is 0 Å². The summed E-state index contributed by atoms with van der Waals surface area (Å²) >= 11 is 6.23. The average molecular weight is 486 g/mol.